The summed E-state index contributed by atoms with van der Waals surface area (Å²) in [5, 5.41) is 3.65. The maximum Gasteiger partial charge on any atom is 0.141 e. The van der Waals surface area contributed by atoms with Gasteiger partial charge in [-0.15, -0.1) is 0 Å². The largest absolute Gasteiger partial charge is 0.308 e. The molecular weight excluding hydrogens is 510 g/mol. The molecule has 8 aromatic rings. The molecule has 0 saturated heterocycles. The first-order valence-electron chi connectivity index (χ1n) is 14.5. The summed E-state index contributed by atoms with van der Waals surface area (Å²) in [4.78, 5) is 10.6. The standard InChI is InChI=1S/C39H23N3/c1-2-11-23(12-3-1)37-28-14-4-6-20-31(28)40-39(41-37)35-29-18-8-15-25-27-17-9-16-26-24-13-5-7-21-32(24)42(38(26)27)33-22-10-19-30(35)36(33)34(25)29/h1-22,35H. The van der Waals surface area contributed by atoms with Crippen LogP contribution < -0.4 is 0 Å². The van der Waals surface area contributed by atoms with Gasteiger partial charge < -0.3 is 4.57 Å². The number of aromatic nitrogens is 3. The summed E-state index contributed by atoms with van der Waals surface area (Å²) in [6, 6.07) is 48.0. The Balaban J connectivity index is 1.33. The van der Waals surface area contributed by atoms with E-state index in [1.807, 2.05) is 0 Å². The van der Waals surface area contributed by atoms with Crippen LogP contribution in [0.3, 0.4) is 0 Å². The molecule has 0 spiro atoms. The zero-order valence-electron chi connectivity index (χ0n) is 22.6. The highest BCUT2D eigenvalue weighted by Gasteiger charge is 2.38. The van der Waals surface area contributed by atoms with Crippen molar-refractivity contribution in [1.29, 1.82) is 0 Å². The quantitative estimate of drug-likeness (QED) is 0.221. The van der Waals surface area contributed by atoms with Gasteiger partial charge >= 0.3 is 0 Å². The number of nitrogens with zero attached hydrogens (tertiary/aromatic N) is 3. The van der Waals surface area contributed by atoms with Crippen molar-refractivity contribution in [3.8, 4) is 39.2 Å². The second-order valence-corrected chi connectivity index (χ2v) is 11.3. The molecule has 194 valence electrons. The van der Waals surface area contributed by atoms with E-state index in [0.29, 0.717) is 0 Å². The Kier molecular flexibility index (Phi) is 4.24. The summed E-state index contributed by atoms with van der Waals surface area (Å²) in [5.74, 6) is 0.780. The third-order valence-electron chi connectivity index (χ3n) is 9.20. The second-order valence-electron chi connectivity index (χ2n) is 11.3. The number of hydrogen-bond donors (Lipinski definition) is 0. The van der Waals surface area contributed by atoms with Crippen LogP contribution in [0.15, 0.2) is 133 Å². The lowest BCUT2D eigenvalue weighted by Gasteiger charge is -2.17. The first kappa shape index (κ1) is 22.2. The zero-order chi connectivity index (χ0) is 27.4. The van der Waals surface area contributed by atoms with Crippen LogP contribution in [0.1, 0.15) is 22.9 Å². The highest BCUT2D eigenvalue weighted by Crippen LogP contribution is 2.56. The van der Waals surface area contributed by atoms with Crippen LogP contribution in [-0.2, 0) is 0 Å². The fourth-order valence-electron chi connectivity index (χ4n) is 7.54. The van der Waals surface area contributed by atoms with Gasteiger partial charge in [-0.1, -0.05) is 115 Å². The molecule has 0 radical (unpaired) electrons. The van der Waals surface area contributed by atoms with E-state index in [1.165, 1.54) is 60.9 Å². The normalized spacial score (nSPS) is 14.4. The van der Waals surface area contributed by atoms with Crippen molar-refractivity contribution < 1.29 is 0 Å². The third kappa shape index (κ3) is 2.75. The first-order chi connectivity index (χ1) is 20.9. The molecule has 0 N–H and O–H groups in total. The van der Waals surface area contributed by atoms with Crippen molar-refractivity contribution in [2.75, 3.05) is 0 Å². The second kappa shape index (κ2) is 8.02. The minimum atomic E-state index is -0.0652. The van der Waals surface area contributed by atoms with Crippen LogP contribution in [0, 0.1) is 0 Å². The van der Waals surface area contributed by atoms with Crippen LogP contribution in [-0.4, -0.2) is 14.5 Å². The number of rotatable bonds is 2. The van der Waals surface area contributed by atoms with Gasteiger partial charge in [0.15, 0.2) is 0 Å². The van der Waals surface area contributed by atoms with Gasteiger partial charge in [0.1, 0.15) is 5.82 Å². The van der Waals surface area contributed by atoms with Gasteiger partial charge in [-0.25, -0.2) is 9.97 Å². The molecule has 2 aliphatic rings. The molecule has 1 aliphatic heterocycles. The average molecular weight is 534 g/mol. The van der Waals surface area contributed by atoms with Crippen molar-refractivity contribution in [2.45, 2.75) is 5.92 Å². The van der Waals surface area contributed by atoms with Crippen molar-refractivity contribution in [3.63, 3.8) is 0 Å². The summed E-state index contributed by atoms with van der Waals surface area (Å²) in [7, 11) is 0. The predicted octanol–water partition coefficient (Wildman–Crippen LogP) is 9.53. The fourth-order valence-corrected chi connectivity index (χ4v) is 7.54. The molecule has 1 atom stereocenters. The monoisotopic (exact) mass is 533 g/mol. The molecule has 1 unspecified atom stereocenters. The van der Waals surface area contributed by atoms with Gasteiger partial charge in [-0.3, -0.25) is 0 Å². The minimum absolute atomic E-state index is 0.0652. The lowest BCUT2D eigenvalue weighted by molar-refractivity contribution is 0.890. The number of benzene rings is 6. The molecule has 0 fully saturated rings. The smallest absolute Gasteiger partial charge is 0.141 e. The van der Waals surface area contributed by atoms with E-state index in [0.717, 1.165) is 28.0 Å². The lowest BCUT2D eigenvalue weighted by atomic mass is 9.91. The topological polar surface area (TPSA) is 30.7 Å². The van der Waals surface area contributed by atoms with Gasteiger partial charge in [0.05, 0.1) is 33.8 Å². The van der Waals surface area contributed by atoms with Crippen molar-refractivity contribution in [3.05, 3.63) is 150 Å². The van der Waals surface area contributed by atoms with E-state index in [9.17, 15) is 0 Å². The fraction of sp³-hybridized carbons (Fsp3) is 0.0256. The molecule has 3 heteroatoms. The Morgan fingerprint density at radius 3 is 2.10 bits per heavy atom. The SMILES string of the molecule is c1ccc(-c2nc(C3c4cccc5c4-c4c3cccc4-n3c4ccccc4c4cccc-5c43)nc3ccccc23)cc1. The number of para-hydroxylation sites is 3. The molecule has 0 saturated carbocycles. The molecule has 2 aromatic heterocycles. The van der Waals surface area contributed by atoms with Crippen LogP contribution >= 0.6 is 0 Å². The molecule has 3 heterocycles. The lowest BCUT2D eigenvalue weighted by Crippen LogP contribution is -2.07. The molecule has 42 heavy (non-hydrogen) atoms. The molecule has 6 aromatic carbocycles. The Hall–Kier alpha value is -5.54. The molecule has 10 rings (SSSR count). The molecule has 0 bridgehead atoms. The minimum Gasteiger partial charge on any atom is -0.308 e. The molecule has 0 amide bonds. The van der Waals surface area contributed by atoms with Gasteiger partial charge in [0.25, 0.3) is 0 Å². The van der Waals surface area contributed by atoms with Gasteiger partial charge in [-0.05, 0) is 40.5 Å². The van der Waals surface area contributed by atoms with E-state index in [-0.39, 0.29) is 5.92 Å². The van der Waals surface area contributed by atoms with Crippen molar-refractivity contribution in [2.24, 2.45) is 0 Å². The Bertz CT molecular complexity index is 2420. The summed E-state index contributed by atoms with van der Waals surface area (Å²) >= 11 is 0. The van der Waals surface area contributed by atoms with E-state index in [4.69, 9.17) is 9.97 Å². The van der Waals surface area contributed by atoms with E-state index < -0.39 is 0 Å². The summed E-state index contributed by atoms with van der Waals surface area (Å²) < 4.78 is 2.49. The van der Waals surface area contributed by atoms with E-state index in [1.54, 1.807) is 0 Å². The Morgan fingerprint density at radius 1 is 0.500 bits per heavy atom. The molecular formula is C39H23N3. The Morgan fingerprint density at radius 2 is 1.19 bits per heavy atom. The van der Waals surface area contributed by atoms with Gasteiger partial charge in [0.2, 0.25) is 0 Å². The maximum absolute atomic E-state index is 5.36. The highest BCUT2D eigenvalue weighted by atomic mass is 15.0. The zero-order valence-corrected chi connectivity index (χ0v) is 22.6. The van der Waals surface area contributed by atoms with Crippen LogP contribution in [0.5, 0.6) is 0 Å². The van der Waals surface area contributed by atoms with Crippen LogP contribution in [0.2, 0.25) is 0 Å². The van der Waals surface area contributed by atoms with E-state index in [2.05, 4.69) is 138 Å². The summed E-state index contributed by atoms with van der Waals surface area (Å²) in [5.41, 5.74) is 14.5. The molecule has 3 nitrogen and oxygen atoms in total. The summed E-state index contributed by atoms with van der Waals surface area (Å²) in [6.07, 6.45) is 0. The average Bonchev–Trinajstić information content (AvgIpc) is 3.53. The predicted molar refractivity (Wildman–Crippen MR) is 171 cm³/mol. The Labute approximate surface area is 242 Å². The van der Waals surface area contributed by atoms with Crippen molar-refractivity contribution in [1.82, 2.24) is 14.5 Å². The number of hydrogen-bond acceptors (Lipinski definition) is 2. The number of fused-ring (bicyclic) bond motifs is 6. The summed E-state index contributed by atoms with van der Waals surface area (Å²) in [6.45, 7) is 0. The van der Waals surface area contributed by atoms with E-state index >= 15 is 0 Å². The molecule has 1 aliphatic carbocycles. The maximum atomic E-state index is 5.36. The third-order valence-corrected chi connectivity index (χ3v) is 9.20. The van der Waals surface area contributed by atoms with Gasteiger partial charge in [-0.2, -0.15) is 0 Å². The first-order valence-corrected chi connectivity index (χ1v) is 14.5. The highest BCUT2D eigenvalue weighted by molar-refractivity contribution is 6.17. The van der Waals surface area contributed by atoms with Gasteiger partial charge in [0, 0.05) is 32.8 Å². The van der Waals surface area contributed by atoms with Crippen LogP contribution in [0.25, 0.3) is 71.9 Å². The van der Waals surface area contributed by atoms with Crippen molar-refractivity contribution >= 4 is 32.7 Å². The van der Waals surface area contributed by atoms with Crippen LogP contribution in [0.4, 0.5) is 0 Å².